The Morgan fingerprint density at radius 2 is 2.04 bits per heavy atom. The summed E-state index contributed by atoms with van der Waals surface area (Å²) < 4.78 is 5.71. The monoisotopic (exact) mass is 335 g/mol. The number of aromatic amines is 1. The molecule has 7 heteroatoms. The van der Waals surface area contributed by atoms with Gasteiger partial charge in [-0.2, -0.15) is 5.26 Å². The number of carboxylic acid groups (broad SMARTS) is 1. The van der Waals surface area contributed by atoms with Crippen LogP contribution in [-0.4, -0.2) is 21.0 Å². The SMILES string of the molecule is Cc1cc(C)c(C#N)c(Oc2ccc3c(C(=O)O)cc(=O)[nH]c3c2)n1. The maximum Gasteiger partial charge on any atom is 0.336 e. The van der Waals surface area contributed by atoms with Crippen LogP contribution in [0, 0.1) is 25.2 Å². The number of pyridine rings is 2. The van der Waals surface area contributed by atoms with Crippen molar-refractivity contribution in [1.29, 1.82) is 5.26 Å². The smallest absolute Gasteiger partial charge is 0.336 e. The predicted octanol–water partition coefficient (Wildman–Crippen LogP) is 2.90. The van der Waals surface area contributed by atoms with Crippen LogP contribution in [0.5, 0.6) is 11.6 Å². The van der Waals surface area contributed by atoms with Crippen LogP contribution in [0.3, 0.4) is 0 Å². The zero-order valence-corrected chi connectivity index (χ0v) is 13.5. The van der Waals surface area contributed by atoms with E-state index in [4.69, 9.17) is 4.74 Å². The van der Waals surface area contributed by atoms with E-state index in [1.54, 1.807) is 32.0 Å². The average molecular weight is 335 g/mol. The number of aromatic carboxylic acids is 1. The first-order chi connectivity index (χ1) is 11.9. The quantitative estimate of drug-likeness (QED) is 0.760. The number of carbonyl (C=O) groups is 1. The van der Waals surface area contributed by atoms with E-state index in [9.17, 15) is 20.0 Å². The van der Waals surface area contributed by atoms with Crippen molar-refractivity contribution in [2.24, 2.45) is 0 Å². The highest BCUT2D eigenvalue weighted by atomic mass is 16.5. The molecule has 0 atom stereocenters. The number of carboxylic acids is 1. The zero-order chi connectivity index (χ0) is 18.1. The largest absolute Gasteiger partial charge is 0.478 e. The van der Waals surface area contributed by atoms with Crippen LogP contribution in [-0.2, 0) is 0 Å². The first-order valence-corrected chi connectivity index (χ1v) is 7.35. The van der Waals surface area contributed by atoms with Crippen molar-refractivity contribution in [3.63, 3.8) is 0 Å². The fourth-order valence-corrected chi connectivity index (χ4v) is 2.60. The van der Waals surface area contributed by atoms with Crippen molar-refractivity contribution in [3.8, 4) is 17.7 Å². The Labute approximate surface area is 142 Å². The van der Waals surface area contributed by atoms with Crippen LogP contribution < -0.4 is 10.3 Å². The lowest BCUT2D eigenvalue weighted by atomic mass is 10.1. The third-order valence-corrected chi connectivity index (χ3v) is 3.68. The zero-order valence-electron chi connectivity index (χ0n) is 13.5. The Bertz CT molecular complexity index is 1110. The minimum Gasteiger partial charge on any atom is -0.478 e. The van der Waals surface area contributed by atoms with Gasteiger partial charge in [-0.3, -0.25) is 4.79 Å². The van der Waals surface area contributed by atoms with E-state index >= 15 is 0 Å². The van der Waals surface area contributed by atoms with Gasteiger partial charge < -0.3 is 14.8 Å². The van der Waals surface area contributed by atoms with Crippen molar-refractivity contribution in [2.75, 3.05) is 0 Å². The Kier molecular flexibility index (Phi) is 3.95. The molecule has 0 radical (unpaired) electrons. The lowest BCUT2D eigenvalue weighted by molar-refractivity contribution is 0.0699. The molecule has 7 nitrogen and oxygen atoms in total. The summed E-state index contributed by atoms with van der Waals surface area (Å²) in [7, 11) is 0. The molecule has 2 aromatic heterocycles. The molecule has 0 aliphatic heterocycles. The molecule has 3 rings (SSSR count). The number of hydrogen-bond acceptors (Lipinski definition) is 5. The molecule has 0 spiro atoms. The van der Waals surface area contributed by atoms with E-state index in [1.807, 2.05) is 0 Å². The highest BCUT2D eigenvalue weighted by Crippen LogP contribution is 2.28. The summed E-state index contributed by atoms with van der Waals surface area (Å²) in [6.07, 6.45) is 0. The number of aromatic nitrogens is 2. The molecule has 25 heavy (non-hydrogen) atoms. The predicted molar refractivity (Wildman–Crippen MR) is 90.0 cm³/mol. The van der Waals surface area contributed by atoms with Gasteiger partial charge in [0, 0.05) is 23.2 Å². The Morgan fingerprint density at radius 1 is 1.28 bits per heavy atom. The standard InChI is InChI=1S/C18H13N3O4/c1-9-5-10(2)20-17(14(9)8-19)25-11-3-4-12-13(18(23)24)7-16(22)21-15(12)6-11/h3-7H,1-2H3,(H,21,22)(H,23,24). The molecular formula is C18H13N3O4. The molecular weight excluding hydrogens is 322 g/mol. The van der Waals surface area contributed by atoms with Gasteiger partial charge in [-0.05, 0) is 37.6 Å². The molecule has 0 unspecified atom stereocenters. The third kappa shape index (κ3) is 3.05. The first-order valence-electron chi connectivity index (χ1n) is 7.35. The molecule has 0 aliphatic rings. The van der Waals surface area contributed by atoms with Gasteiger partial charge >= 0.3 is 5.97 Å². The number of nitriles is 1. The third-order valence-electron chi connectivity index (χ3n) is 3.68. The van der Waals surface area contributed by atoms with Gasteiger partial charge in [0.05, 0.1) is 11.1 Å². The average Bonchev–Trinajstić information content (AvgIpc) is 2.53. The molecule has 2 heterocycles. The minimum atomic E-state index is -1.19. The van der Waals surface area contributed by atoms with Crippen LogP contribution in [0.2, 0.25) is 0 Å². The van der Waals surface area contributed by atoms with Crippen LogP contribution >= 0.6 is 0 Å². The summed E-state index contributed by atoms with van der Waals surface area (Å²) in [5.41, 5.74) is 1.47. The second kappa shape index (κ2) is 6.09. The van der Waals surface area contributed by atoms with Crippen LogP contribution in [0.1, 0.15) is 27.2 Å². The maximum absolute atomic E-state index is 11.7. The van der Waals surface area contributed by atoms with Gasteiger partial charge in [0.2, 0.25) is 11.4 Å². The first kappa shape index (κ1) is 16.2. The summed E-state index contributed by atoms with van der Waals surface area (Å²) in [4.78, 5) is 29.7. The van der Waals surface area contributed by atoms with Gasteiger partial charge in [-0.1, -0.05) is 0 Å². The number of aryl methyl sites for hydroxylation is 2. The molecule has 0 aliphatic carbocycles. The minimum absolute atomic E-state index is 0.0902. The highest BCUT2D eigenvalue weighted by Gasteiger charge is 2.14. The van der Waals surface area contributed by atoms with E-state index < -0.39 is 11.5 Å². The Morgan fingerprint density at radius 3 is 2.72 bits per heavy atom. The van der Waals surface area contributed by atoms with Crippen molar-refractivity contribution in [1.82, 2.24) is 9.97 Å². The summed E-state index contributed by atoms with van der Waals surface area (Å²) in [6.45, 7) is 3.58. The van der Waals surface area contributed by atoms with E-state index in [1.165, 1.54) is 6.07 Å². The number of nitrogens with zero attached hydrogens (tertiary/aromatic N) is 2. The number of benzene rings is 1. The second-order valence-corrected chi connectivity index (χ2v) is 5.53. The van der Waals surface area contributed by atoms with Gasteiger partial charge in [0.1, 0.15) is 17.4 Å². The number of hydrogen-bond donors (Lipinski definition) is 2. The summed E-state index contributed by atoms with van der Waals surface area (Å²) in [6, 6.07) is 9.48. The fourth-order valence-electron chi connectivity index (χ4n) is 2.60. The molecule has 2 N–H and O–H groups in total. The van der Waals surface area contributed by atoms with E-state index in [-0.39, 0.29) is 11.4 Å². The number of rotatable bonds is 3. The number of fused-ring (bicyclic) bond motifs is 1. The van der Waals surface area contributed by atoms with Gasteiger partial charge in [-0.15, -0.1) is 0 Å². The van der Waals surface area contributed by atoms with Crippen molar-refractivity contribution >= 4 is 16.9 Å². The van der Waals surface area contributed by atoms with Crippen LogP contribution in [0.4, 0.5) is 0 Å². The Balaban J connectivity index is 2.12. The van der Waals surface area contributed by atoms with Gasteiger partial charge in [-0.25, -0.2) is 9.78 Å². The number of ether oxygens (including phenoxy) is 1. The number of nitrogens with one attached hydrogen (secondary N) is 1. The van der Waals surface area contributed by atoms with E-state index in [0.717, 1.165) is 11.6 Å². The molecule has 0 fully saturated rings. The fraction of sp³-hybridized carbons (Fsp3) is 0.111. The lowest BCUT2D eigenvalue weighted by Crippen LogP contribution is -2.10. The molecule has 1 aromatic carbocycles. The Hall–Kier alpha value is -3.66. The molecule has 0 saturated heterocycles. The summed E-state index contributed by atoms with van der Waals surface area (Å²) in [5.74, 6) is -0.691. The topological polar surface area (TPSA) is 116 Å². The highest BCUT2D eigenvalue weighted by molar-refractivity contribution is 6.02. The van der Waals surface area contributed by atoms with Crippen molar-refractivity contribution in [2.45, 2.75) is 13.8 Å². The van der Waals surface area contributed by atoms with Crippen molar-refractivity contribution in [3.05, 3.63) is 63.1 Å². The molecule has 124 valence electrons. The van der Waals surface area contributed by atoms with Gasteiger partial charge in [0.15, 0.2) is 0 Å². The second-order valence-electron chi connectivity index (χ2n) is 5.53. The van der Waals surface area contributed by atoms with E-state index in [0.29, 0.717) is 27.9 Å². The number of H-pyrrole nitrogens is 1. The maximum atomic E-state index is 11.7. The van der Waals surface area contributed by atoms with Crippen LogP contribution in [0.25, 0.3) is 10.9 Å². The van der Waals surface area contributed by atoms with E-state index in [2.05, 4.69) is 16.0 Å². The van der Waals surface area contributed by atoms with Crippen molar-refractivity contribution < 1.29 is 14.6 Å². The van der Waals surface area contributed by atoms with Gasteiger partial charge in [0.25, 0.3) is 0 Å². The summed E-state index contributed by atoms with van der Waals surface area (Å²) in [5, 5.41) is 18.9. The van der Waals surface area contributed by atoms with Crippen LogP contribution in [0.15, 0.2) is 35.1 Å². The molecule has 3 aromatic rings. The summed E-state index contributed by atoms with van der Waals surface area (Å²) >= 11 is 0. The molecule has 0 amide bonds. The lowest BCUT2D eigenvalue weighted by Gasteiger charge is -2.10. The molecule has 0 saturated carbocycles. The molecule has 0 bridgehead atoms. The normalized spacial score (nSPS) is 10.4.